The smallest absolute Gasteiger partial charge is 0.137 e. The molecule has 3 rings (SSSR count). The minimum atomic E-state index is 0.291. The molecule has 72 valence electrons. The van der Waals surface area contributed by atoms with Crippen molar-refractivity contribution in [1.82, 2.24) is 0 Å². The van der Waals surface area contributed by atoms with Gasteiger partial charge in [0.25, 0.3) is 0 Å². The van der Waals surface area contributed by atoms with Crippen molar-refractivity contribution in [2.45, 2.75) is 18.4 Å². The molecule has 0 saturated heterocycles. The largest absolute Gasteiger partial charge is 0.488 e. The lowest BCUT2D eigenvalue weighted by Crippen LogP contribution is -2.11. The van der Waals surface area contributed by atoms with Crippen molar-refractivity contribution in [1.29, 1.82) is 0 Å². The van der Waals surface area contributed by atoms with Gasteiger partial charge in [0.2, 0.25) is 0 Å². The molecule has 3 heteroatoms. The highest BCUT2D eigenvalue weighted by molar-refractivity contribution is 9.10. The molecule has 1 aliphatic heterocycles. The van der Waals surface area contributed by atoms with Gasteiger partial charge in [-0.3, -0.25) is 0 Å². The number of benzene rings is 1. The summed E-state index contributed by atoms with van der Waals surface area (Å²) in [6.45, 7) is 0. The number of rotatable bonds is 0. The highest BCUT2D eigenvalue weighted by Gasteiger charge is 2.36. The molecular weight excluding hydrogens is 263 g/mol. The van der Waals surface area contributed by atoms with Gasteiger partial charge in [0, 0.05) is 22.9 Å². The molecule has 0 saturated carbocycles. The Morgan fingerprint density at radius 2 is 2.29 bits per heavy atom. The Morgan fingerprint density at radius 3 is 3.14 bits per heavy atom. The molecule has 1 nitrogen and oxygen atoms in total. The maximum Gasteiger partial charge on any atom is 0.137 e. The van der Waals surface area contributed by atoms with E-state index in [0.717, 1.165) is 21.7 Å². The number of hydrogen-bond donors (Lipinski definition) is 0. The van der Waals surface area contributed by atoms with E-state index >= 15 is 0 Å². The summed E-state index contributed by atoms with van der Waals surface area (Å²) in [7, 11) is 0. The van der Waals surface area contributed by atoms with E-state index in [4.69, 9.17) is 16.3 Å². The lowest BCUT2D eigenvalue weighted by Gasteiger charge is -2.07. The molecule has 0 amide bonds. The molecule has 14 heavy (non-hydrogen) atoms. The SMILES string of the molecule is Clc1cc(Br)c2c(c1)C1C=CCC1O2. The van der Waals surface area contributed by atoms with Gasteiger partial charge in [-0.1, -0.05) is 23.8 Å². The van der Waals surface area contributed by atoms with Crippen LogP contribution in [0, 0.1) is 0 Å². The van der Waals surface area contributed by atoms with E-state index in [9.17, 15) is 0 Å². The first-order valence-corrected chi connectivity index (χ1v) is 5.75. The zero-order valence-corrected chi connectivity index (χ0v) is 9.68. The monoisotopic (exact) mass is 270 g/mol. The molecule has 1 heterocycles. The third kappa shape index (κ3) is 1.14. The van der Waals surface area contributed by atoms with Crippen LogP contribution in [-0.2, 0) is 0 Å². The quantitative estimate of drug-likeness (QED) is 0.650. The fourth-order valence-corrected chi connectivity index (χ4v) is 3.09. The molecule has 1 aliphatic carbocycles. The Hall–Kier alpha value is -0.470. The first-order chi connectivity index (χ1) is 6.75. The van der Waals surface area contributed by atoms with Crippen molar-refractivity contribution in [3.8, 4) is 5.75 Å². The second-order valence-corrected chi connectivity index (χ2v) is 4.94. The summed E-state index contributed by atoms with van der Waals surface area (Å²) in [4.78, 5) is 0. The third-order valence-corrected chi connectivity index (χ3v) is 3.59. The van der Waals surface area contributed by atoms with Crippen molar-refractivity contribution in [3.05, 3.63) is 39.3 Å². The van der Waals surface area contributed by atoms with E-state index in [1.807, 2.05) is 12.1 Å². The summed E-state index contributed by atoms with van der Waals surface area (Å²) in [6.07, 6.45) is 5.68. The summed E-state index contributed by atoms with van der Waals surface area (Å²) in [5.74, 6) is 1.37. The molecule has 1 aromatic rings. The van der Waals surface area contributed by atoms with Gasteiger partial charge in [-0.05, 0) is 28.1 Å². The van der Waals surface area contributed by atoms with E-state index in [0.29, 0.717) is 12.0 Å². The topological polar surface area (TPSA) is 9.23 Å². The summed E-state index contributed by atoms with van der Waals surface area (Å²) in [5, 5.41) is 0.764. The molecule has 2 aliphatic rings. The van der Waals surface area contributed by atoms with E-state index in [1.54, 1.807) is 0 Å². The Balaban J connectivity index is 2.19. The Labute approximate surface area is 95.8 Å². The lowest BCUT2D eigenvalue weighted by atomic mass is 9.99. The summed E-state index contributed by atoms with van der Waals surface area (Å²) in [5.41, 5.74) is 1.21. The van der Waals surface area contributed by atoms with Crippen LogP contribution in [0.25, 0.3) is 0 Å². The van der Waals surface area contributed by atoms with Gasteiger partial charge >= 0.3 is 0 Å². The van der Waals surface area contributed by atoms with Gasteiger partial charge < -0.3 is 4.74 Å². The standard InChI is InChI=1S/C11H8BrClO/c12-9-5-6(13)4-8-7-2-1-3-10(7)14-11(8)9/h1-2,4-5,7,10H,3H2. The van der Waals surface area contributed by atoms with Crippen LogP contribution in [0.15, 0.2) is 28.8 Å². The van der Waals surface area contributed by atoms with Crippen molar-refractivity contribution < 1.29 is 4.74 Å². The molecule has 0 aromatic heterocycles. The van der Waals surface area contributed by atoms with E-state index in [1.165, 1.54) is 5.56 Å². The number of fused-ring (bicyclic) bond motifs is 3. The average Bonchev–Trinajstić information content (AvgIpc) is 2.65. The Bertz CT molecular complexity index is 428. The molecule has 0 spiro atoms. The fraction of sp³-hybridized carbons (Fsp3) is 0.273. The van der Waals surface area contributed by atoms with Crippen molar-refractivity contribution in [3.63, 3.8) is 0 Å². The molecular formula is C11H8BrClO. The Kier molecular flexibility index (Phi) is 1.89. The maximum absolute atomic E-state index is 6.01. The molecule has 0 fully saturated rings. The number of hydrogen-bond acceptors (Lipinski definition) is 1. The first kappa shape index (κ1) is 8.81. The second kappa shape index (κ2) is 3.01. The zero-order chi connectivity index (χ0) is 9.71. The second-order valence-electron chi connectivity index (χ2n) is 3.65. The van der Waals surface area contributed by atoms with Crippen LogP contribution >= 0.6 is 27.5 Å². The van der Waals surface area contributed by atoms with Crippen LogP contribution in [0.2, 0.25) is 5.02 Å². The number of halogens is 2. The van der Waals surface area contributed by atoms with Gasteiger partial charge in [-0.15, -0.1) is 0 Å². The molecule has 0 bridgehead atoms. The first-order valence-electron chi connectivity index (χ1n) is 4.58. The predicted molar refractivity (Wildman–Crippen MR) is 60.1 cm³/mol. The zero-order valence-electron chi connectivity index (χ0n) is 7.34. The van der Waals surface area contributed by atoms with Crippen LogP contribution < -0.4 is 4.74 Å². The Morgan fingerprint density at radius 1 is 1.43 bits per heavy atom. The molecule has 0 radical (unpaired) electrons. The van der Waals surface area contributed by atoms with Crippen molar-refractivity contribution >= 4 is 27.5 Å². The van der Waals surface area contributed by atoms with Gasteiger partial charge in [0.05, 0.1) is 4.47 Å². The lowest BCUT2D eigenvalue weighted by molar-refractivity contribution is 0.231. The maximum atomic E-state index is 6.01. The minimum Gasteiger partial charge on any atom is -0.488 e. The number of ether oxygens (including phenoxy) is 1. The van der Waals surface area contributed by atoms with Gasteiger partial charge in [-0.2, -0.15) is 0 Å². The summed E-state index contributed by atoms with van der Waals surface area (Å²) < 4.78 is 6.81. The van der Waals surface area contributed by atoms with Crippen LogP contribution in [-0.4, -0.2) is 6.10 Å². The highest BCUT2D eigenvalue weighted by Crippen LogP contribution is 2.48. The highest BCUT2D eigenvalue weighted by atomic mass is 79.9. The minimum absolute atomic E-state index is 0.291. The van der Waals surface area contributed by atoms with Gasteiger partial charge in [0.1, 0.15) is 11.9 Å². The van der Waals surface area contributed by atoms with Crippen LogP contribution in [0.5, 0.6) is 5.75 Å². The van der Waals surface area contributed by atoms with E-state index in [2.05, 4.69) is 28.1 Å². The van der Waals surface area contributed by atoms with E-state index in [-0.39, 0.29) is 0 Å². The molecule has 2 atom stereocenters. The normalized spacial score (nSPS) is 27.3. The van der Waals surface area contributed by atoms with E-state index < -0.39 is 0 Å². The fourth-order valence-electron chi connectivity index (χ4n) is 2.16. The van der Waals surface area contributed by atoms with Gasteiger partial charge in [-0.25, -0.2) is 0 Å². The van der Waals surface area contributed by atoms with Crippen LogP contribution in [0.4, 0.5) is 0 Å². The van der Waals surface area contributed by atoms with Crippen LogP contribution in [0.3, 0.4) is 0 Å². The molecule has 1 aromatic carbocycles. The van der Waals surface area contributed by atoms with Crippen molar-refractivity contribution in [2.75, 3.05) is 0 Å². The van der Waals surface area contributed by atoms with Crippen molar-refractivity contribution in [2.24, 2.45) is 0 Å². The average molecular weight is 272 g/mol. The summed E-state index contributed by atoms with van der Waals surface area (Å²) in [6, 6.07) is 3.88. The summed E-state index contributed by atoms with van der Waals surface area (Å²) >= 11 is 9.48. The third-order valence-electron chi connectivity index (χ3n) is 2.78. The molecule has 0 N–H and O–H groups in total. The van der Waals surface area contributed by atoms with Crippen LogP contribution in [0.1, 0.15) is 17.9 Å². The molecule has 2 unspecified atom stereocenters. The van der Waals surface area contributed by atoms with Gasteiger partial charge in [0.15, 0.2) is 0 Å². The predicted octanol–water partition coefficient (Wildman–Crippen LogP) is 3.91.